The minimum absolute atomic E-state index is 0.0303. The van der Waals surface area contributed by atoms with Gasteiger partial charge in [0, 0.05) is 27.4 Å². The van der Waals surface area contributed by atoms with Gasteiger partial charge in [-0.1, -0.05) is 35.9 Å². The summed E-state index contributed by atoms with van der Waals surface area (Å²) in [6.07, 6.45) is 3.24. The van der Waals surface area contributed by atoms with Crippen molar-refractivity contribution in [2.45, 2.75) is 11.4 Å². The van der Waals surface area contributed by atoms with Gasteiger partial charge in [-0.25, -0.2) is 8.42 Å². The molecule has 40 heavy (non-hydrogen) atoms. The zero-order chi connectivity index (χ0) is 28.7. The molecule has 4 aromatic carbocycles. The third-order valence-corrected chi connectivity index (χ3v) is 6.71. The number of aromatic nitrogens is 1. The minimum atomic E-state index is -4.47. The van der Waals surface area contributed by atoms with Crippen LogP contribution in [0.4, 0.5) is 11.4 Å². The summed E-state index contributed by atoms with van der Waals surface area (Å²) in [5.74, 6) is 0.262. The van der Waals surface area contributed by atoms with E-state index in [-0.39, 0.29) is 28.7 Å². The van der Waals surface area contributed by atoms with Gasteiger partial charge in [-0.3, -0.25) is 4.79 Å². The Morgan fingerprint density at radius 3 is 2.15 bits per heavy atom. The lowest BCUT2D eigenvalue weighted by atomic mass is 10.1. The van der Waals surface area contributed by atoms with Crippen molar-refractivity contribution in [1.82, 2.24) is 0 Å². The van der Waals surface area contributed by atoms with Crippen molar-refractivity contribution in [3.8, 4) is 11.5 Å². The SMILES string of the molecule is O=C(C[n+]1cccc(O)c1)c1ccc(Cl)cc1.O=S(=O)([O-])c1ccc(N=Nc2ccc(O)c3ccccc23)cc1. The van der Waals surface area contributed by atoms with Crippen LogP contribution in [0.5, 0.6) is 11.5 Å². The van der Waals surface area contributed by atoms with Crippen LogP contribution in [-0.4, -0.2) is 29.0 Å². The Balaban J connectivity index is 0.000000194. The van der Waals surface area contributed by atoms with Gasteiger partial charge in [0.1, 0.15) is 15.9 Å². The first-order valence-electron chi connectivity index (χ1n) is 11.8. The quantitative estimate of drug-likeness (QED) is 0.109. The molecule has 0 aliphatic rings. The van der Waals surface area contributed by atoms with E-state index in [9.17, 15) is 28.0 Å². The third kappa shape index (κ3) is 7.48. The van der Waals surface area contributed by atoms with Gasteiger partial charge < -0.3 is 14.8 Å². The van der Waals surface area contributed by atoms with E-state index in [0.717, 1.165) is 5.39 Å². The normalized spacial score (nSPS) is 11.2. The molecule has 0 radical (unpaired) electrons. The fourth-order valence-corrected chi connectivity index (χ4v) is 4.24. The molecular weight excluding hydrogens is 554 g/mol. The van der Waals surface area contributed by atoms with Crippen molar-refractivity contribution in [2.75, 3.05) is 0 Å². The number of fused-ring (bicyclic) bond motifs is 1. The number of pyridine rings is 1. The highest BCUT2D eigenvalue weighted by molar-refractivity contribution is 7.85. The van der Waals surface area contributed by atoms with Crippen molar-refractivity contribution in [2.24, 2.45) is 10.2 Å². The van der Waals surface area contributed by atoms with E-state index in [2.05, 4.69) is 10.2 Å². The van der Waals surface area contributed by atoms with E-state index in [4.69, 9.17) is 11.6 Å². The maximum atomic E-state index is 11.9. The Labute approximate surface area is 235 Å². The summed E-state index contributed by atoms with van der Waals surface area (Å²) in [6, 6.07) is 25.6. The molecule has 0 bridgehead atoms. The number of azo groups is 1. The van der Waals surface area contributed by atoms with Crippen LogP contribution in [0, 0.1) is 0 Å². The predicted molar refractivity (Wildman–Crippen MR) is 148 cm³/mol. The maximum absolute atomic E-state index is 11.9. The molecule has 9 nitrogen and oxygen atoms in total. The number of carbonyl (C=O) groups excluding carboxylic acids is 1. The largest absolute Gasteiger partial charge is 0.744 e. The number of rotatable bonds is 6. The molecule has 0 amide bonds. The highest BCUT2D eigenvalue weighted by Crippen LogP contribution is 2.33. The van der Waals surface area contributed by atoms with Gasteiger partial charge in [-0.15, -0.1) is 5.11 Å². The van der Waals surface area contributed by atoms with Gasteiger partial charge in [0.15, 0.2) is 11.9 Å². The molecule has 202 valence electrons. The van der Waals surface area contributed by atoms with Crippen LogP contribution in [0.25, 0.3) is 10.8 Å². The summed E-state index contributed by atoms with van der Waals surface area (Å²) >= 11 is 5.75. The molecule has 0 spiro atoms. The van der Waals surface area contributed by atoms with Gasteiger partial charge in [0.05, 0.1) is 16.3 Å². The summed E-state index contributed by atoms with van der Waals surface area (Å²) in [5.41, 5.74) is 1.58. The van der Waals surface area contributed by atoms with E-state index in [1.165, 1.54) is 36.5 Å². The average Bonchev–Trinajstić information content (AvgIpc) is 2.93. The van der Waals surface area contributed by atoms with E-state index in [1.54, 1.807) is 59.3 Å². The summed E-state index contributed by atoms with van der Waals surface area (Å²) in [6.45, 7) is 0.191. The first-order chi connectivity index (χ1) is 19.1. The summed E-state index contributed by atoms with van der Waals surface area (Å²) in [4.78, 5) is 11.6. The first-order valence-corrected chi connectivity index (χ1v) is 13.5. The molecule has 1 heterocycles. The lowest BCUT2D eigenvalue weighted by molar-refractivity contribution is -0.683. The van der Waals surface area contributed by atoms with E-state index in [0.29, 0.717) is 27.3 Å². The standard InChI is InChI=1S/C16H12N2O4S.C13H10ClNO2/c19-16-10-9-15(13-3-1-2-4-14(13)16)18-17-11-5-7-12(8-6-11)23(20,21)22;14-11-5-3-10(4-6-11)13(17)9-15-7-1-2-12(16)8-15/h1-10,19H,(H,20,21,22);1-8H,9H2. The molecule has 0 fully saturated rings. The fourth-order valence-electron chi connectivity index (χ4n) is 3.64. The summed E-state index contributed by atoms with van der Waals surface area (Å²) in [5, 5.41) is 29.3. The number of phenolic OH excluding ortho intramolecular Hbond substituents is 1. The fraction of sp³-hybridized carbons (Fsp3) is 0.0345. The van der Waals surface area contributed by atoms with E-state index in [1.807, 2.05) is 18.2 Å². The number of phenols is 1. The number of carbonyl (C=O) groups is 1. The van der Waals surface area contributed by atoms with Crippen molar-refractivity contribution in [3.63, 3.8) is 0 Å². The van der Waals surface area contributed by atoms with Crippen LogP contribution < -0.4 is 4.57 Å². The Bertz CT molecular complexity index is 1790. The van der Waals surface area contributed by atoms with Crippen LogP contribution >= 0.6 is 11.6 Å². The lowest BCUT2D eigenvalue weighted by Gasteiger charge is -2.06. The second-order valence-electron chi connectivity index (χ2n) is 8.46. The molecule has 0 aliphatic heterocycles. The van der Waals surface area contributed by atoms with Crippen molar-refractivity contribution in [3.05, 3.63) is 120 Å². The van der Waals surface area contributed by atoms with Crippen LogP contribution in [0.2, 0.25) is 5.02 Å². The molecular formula is C29H22ClN3O6S. The number of hydrogen-bond donors (Lipinski definition) is 2. The zero-order valence-electron chi connectivity index (χ0n) is 20.8. The maximum Gasteiger partial charge on any atom is 0.227 e. The number of benzene rings is 4. The molecule has 5 aromatic rings. The van der Waals surface area contributed by atoms with Crippen molar-refractivity contribution < 1.29 is 32.5 Å². The monoisotopic (exact) mass is 575 g/mol. The van der Waals surface area contributed by atoms with E-state index >= 15 is 0 Å². The van der Waals surface area contributed by atoms with Crippen LogP contribution in [0.1, 0.15) is 10.4 Å². The van der Waals surface area contributed by atoms with Gasteiger partial charge in [-0.05, 0) is 66.7 Å². The van der Waals surface area contributed by atoms with Crippen LogP contribution in [-0.2, 0) is 16.7 Å². The van der Waals surface area contributed by atoms with Crippen LogP contribution in [0.3, 0.4) is 0 Å². The van der Waals surface area contributed by atoms with Gasteiger partial charge in [0.25, 0.3) is 0 Å². The van der Waals surface area contributed by atoms with Gasteiger partial charge in [0.2, 0.25) is 18.5 Å². The first kappa shape index (κ1) is 28.4. The number of Topliss-reactive ketones (excluding diaryl/α,β-unsaturated/α-hetero) is 1. The molecule has 5 rings (SSSR count). The van der Waals surface area contributed by atoms with Crippen molar-refractivity contribution >= 4 is 49.6 Å². The summed E-state index contributed by atoms with van der Waals surface area (Å²) < 4.78 is 34.2. The number of ketones is 1. The predicted octanol–water partition coefficient (Wildman–Crippen LogP) is 6.08. The molecule has 2 N–H and O–H groups in total. The number of hydrogen-bond acceptors (Lipinski definition) is 8. The smallest absolute Gasteiger partial charge is 0.227 e. The lowest BCUT2D eigenvalue weighted by Crippen LogP contribution is -2.36. The molecule has 0 aliphatic carbocycles. The number of aromatic hydroxyl groups is 2. The van der Waals surface area contributed by atoms with Crippen molar-refractivity contribution in [1.29, 1.82) is 0 Å². The molecule has 0 saturated carbocycles. The third-order valence-electron chi connectivity index (χ3n) is 5.61. The van der Waals surface area contributed by atoms with Gasteiger partial charge in [-0.2, -0.15) is 9.68 Å². The zero-order valence-corrected chi connectivity index (χ0v) is 22.3. The second-order valence-corrected chi connectivity index (χ2v) is 10.3. The number of halogens is 1. The average molecular weight is 576 g/mol. The molecule has 0 unspecified atom stereocenters. The topological polar surface area (TPSA) is 143 Å². The molecule has 11 heteroatoms. The Kier molecular flexibility index (Phi) is 8.85. The Hall–Kier alpha value is -4.64. The number of nitrogens with zero attached hydrogens (tertiary/aromatic N) is 3. The van der Waals surface area contributed by atoms with Gasteiger partial charge >= 0.3 is 0 Å². The highest BCUT2D eigenvalue weighted by atomic mass is 35.5. The van der Waals surface area contributed by atoms with E-state index < -0.39 is 10.1 Å². The minimum Gasteiger partial charge on any atom is -0.744 e. The molecule has 1 aromatic heterocycles. The highest BCUT2D eigenvalue weighted by Gasteiger charge is 2.12. The molecule has 0 saturated heterocycles. The molecule has 0 atom stereocenters. The second kappa shape index (κ2) is 12.5. The summed E-state index contributed by atoms with van der Waals surface area (Å²) in [7, 11) is -4.47. The Morgan fingerprint density at radius 2 is 1.50 bits per heavy atom. The Morgan fingerprint density at radius 1 is 0.825 bits per heavy atom. The van der Waals surface area contributed by atoms with Crippen LogP contribution in [0.15, 0.2) is 125 Å².